The van der Waals surface area contributed by atoms with Crippen LogP contribution in [0, 0.1) is 18.3 Å². The predicted molar refractivity (Wildman–Crippen MR) is 97.8 cm³/mol. The van der Waals surface area contributed by atoms with Gasteiger partial charge < -0.3 is 19.3 Å². The van der Waals surface area contributed by atoms with E-state index in [4.69, 9.17) is 9.47 Å². The third-order valence-corrected chi connectivity index (χ3v) is 5.85. The zero-order valence-corrected chi connectivity index (χ0v) is 15.7. The van der Waals surface area contributed by atoms with E-state index >= 15 is 0 Å². The molecule has 25 heavy (non-hydrogen) atoms. The lowest BCUT2D eigenvalue weighted by Crippen LogP contribution is -2.48. The van der Waals surface area contributed by atoms with E-state index in [9.17, 15) is 4.79 Å². The molecule has 1 amide bonds. The topological polar surface area (TPSA) is 42.0 Å². The molecule has 5 nitrogen and oxygen atoms in total. The SMILES string of the molecule is COCC1CN(C)CC12CCN(C(=O)COc1ccc(C)cc1)CC2. The van der Waals surface area contributed by atoms with E-state index in [0.717, 1.165) is 51.4 Å². The van der Waals surface area contributed by atoms with Gasteiger partial charge in [0.2, 0.25) is 0 Å². The average Bonchev–Trinajstić information content (AvgIpc) is 2.90. The Bertz CT molecular complexity index is 579. The summed E-state index contributed by atoms with van der Waals surface area (Å²) in [6.45, 7) is 6.83. The van der Waals surface area contributed by atoms with Gasteiger partial charge in [0, 0.05) is 39.2 Å². The van der Waals surface area contributed by atoms with Gasteiger partial charge in [-0.2, -0.15) is 0 Å². The summed E-state index contributed by atoms with van der Waals surface area (Å²) in [4.78, 5) is 16.8. The molecule has 0 radical (unpaired) electrons. The predicted octanol–water partition coefficient (Wildman–Crippen LogP) is 2.19. The largest absolute Gasteiger partial charge is 0.484 e. The lowest BCUT2D eigenvalue weighted by atomic mass is 9.71. The van der Waals surface area contributed by atoms with Gasteiger partial charge in [-0.1, -0.05) is 17.7 Å². The number of hydrogen-bond acceptors (Lipinski definition) is 4. The van der Waals surface area contributed by atoms with Crippen LogP contribution >= 0.6 is 0 Å². The Balaban J connectivity index is 1.51. The highest BCUT2D eigenvalue weighted by molar-refractivity contribution is 5.77. The maximum Gasteiger partial charge on any atom is 0.260 e. The molecule has 0 aromatic heterocycles. The van der Waals surface area contributed by atoms with Crippen molar-refractivity contribution in [2.24, 2.45) is 11.3 Å². The van der Waals surface area contributed by atoms with E-state index in [-0.39, 0.29) is 12.5 Å². The molecule has 0 aliphatic carbocycles. The van der Waals surface area contributed by atoms with Crippen molar-refractivity contribution in [3.63, 3.8) is 0 Å². The highest BCUT2D eigenvalue weighted by Crippen LogP contribution is 2.44. The number of rotatable bonds is 5. The van der Waals surface area contributed by atoms with Crippen LogP contribution in [0.2, 0.25) is 0 Å². The summed E-state index contributed by atoms with van der Waals surface area (Å²) in [6.07, 6.45) is 2.11. The van der Waals surface area contributed by atoms with Crippen molar-refractivity contribution >= 4 is 5.91 Å². The Kier molecular flexibility index (Phi) is 5.64. The molecular formula is C20H30N2O3. The lowest BCUT2D eigenvalue weighted by molar-refractivity contribution is -0.136. The number of ether oxygens (including phenoxy) is 2. The average molecular weight is 346 g/mol. The summed E-state index contributed by atoms with van der Waals surface area (Å²) in [7, 11) is 3.97. The normalized spacial score (nSPS) is 23.2. The van der Waals surface area contributed by atoms with Crippen molar-refractivity contribution in [2.75, 3.05) is 53.6 Å². The highest BCUT2D eigenvalue weighted by Gasteiger charge is 2.47. The van der Waals surface area contributed by atoms with Crippen molar-refractivity contribution in [3.05, 3.63) is 29.8 Å². The van der Waals surface area contributed by atoms with E-state index in [2.05, 4.69) is 11.9 Å². The fourth-order valence-electron chi connectivity index (χ4n) is 4.37. The zero-order chi connectivity index (χ0) is 17.9. The molecule has 1 spiro atoms. The van der Waals surface area contributed by atoms with Crippen molar-refractivity contribution in [1.29, 1.82) is 0 Å². The maximum absolute atomic E-state index is 12.5. The van der Waals surface area contributed by atoms with Crippen LogP contribution in [0.25, 0.3) is 0 Å². The van der Waals surface area contributed by atoms with Crippen LogP contribution < -0.4 is 4.74 Å². The summed E-state index contributed by atoms with van der Waals surface area (Å²) in [5, 5.41) is 0. The van der Waals surface area contributed by atoms with Gasteiger partial charge in [0.05, 0.1) is 6.61 Å². The van der Waals surface area contributed by atoms with Crippen LogP contribution in [0.5, 0.6) is 5.75 Å². The molecule has 0 bridgehead atoms. The second kappa shape index (κ2) is 7.75. The van der Waals surface area contributed by atoms with Crippen LogP contribution in [-0.2, 0) is 9.53 Å². The third-order valence-electron chi connectivity index (χ3n) is 5.85. The summed E-state index contributed by atoms with van der Waals surface area (Å²) in [5.74, 6) is 1.42. The number of aryl methyl sites for hydroxylation is 1. The molecule has 2 aliphatic rings. The fourth-order valence-corrected chi connectivity index (χ4v) is 4.37. The van der Waals surface area contributed by atoms with Gasteiger partial charge in [0.15, 0.2) is 6.61 Å². The quantitative estimate of drug-likeness (QED) is 0.820. The molecule has 1 atom stereocenters. The monoisotopic (exact) mass is 346 g/mol. The minimum absolute atomic E-state index is 0.0880. The summed E-state index contributed by atoms with van der Waals surface area (Å²) < 4.78 is 11.1. The Morgan fingerprint density at radius 3 is 2.56 bits per heavy atom. The number of carbonyl (C=O) groups excluding carboxylic acids is 1. The number of carbonyl (C=O) groups is 1. The highest BCUT2D eigenvalue weighted by atomic mass is 16.5. The van der Waals surface area contributed by atoms with Crippen molar-refractivity contribution in [1.82, 2.24) is 9.80 Å². The molecule has 2 heterocycles. The van der Waals surface area contributed by atoms with Gasteiger partial charge in [-0.3, -0.25) is 4.79 Å². The molecule has 0 saturated carbocycles. The van der Waals surface area contributed by atoms with Gasteiger partial charge in [0.1, 0.15) is 5.75 Å². The number of likely N-dealkylation sites (tertiary alicyclic amines) is 2. The second-order valence-corrected chi connectivity index (χ2v) is 7.69. The van der Waals surface area contributed by atoms with Crippen LogP contribution in [0.15, 0.2) is 24.3 Å². The molecule has 1 aromatic rings. The number of amides is 1. The van der Waals surface area contributed by atoms with Gasteiger partial charge in [-0.15, -0.1) is 0 Å². The van der Waals surface area contributed by atoms with Crippen LogP contribution in [0.4, 0.5) is 0 Å². The van der Waals surface area contributed by atoms with E-state index in [1.807, 2.05) is 36.1 Å². The maximum atomic E-state index is 12.5. The van der Waals surface area contributed by atoms with Crippen molar-refractivity contribution < 1.29 is 14.3 Å². The molecule has 0 N–H and O–H groups in total. The summed E-state index contributed by atoms with van der Waals surface area (Å²) >= 11 is 0. The Hall–Kier alpha value is -1.59. The van der Waals surface area contributed by atoms with E-state index in [0.29, 0.717) is 11.3 Å². The first kappa shape index (κ1) is 18.2. The molecule has 138 valence electrons. The van der Waals surface area contributed by atoms with Crippen LogP contribution in [0.3, 0.4) is 0 Å². The molecule has 1 unspecified atom stereocenters. The number of nitrogens with zero attached hydrogens (tertiary/aromatic N) is 2. The van der Waals surface area contributed by atoms with Gasteiger partial charge in [-0.05, 0) is 44.4 Å². The number of piperidine rings is 1. The van der Waals surface area contributed by atoms with Gasteiger partial charge in [-0.25, -0.2) is 0 Å². The lowest BCUT2D eigenvalue weighted by Gasteiger charge is -2.42. The smallest absolute Gasteiger partial charge is 0.260 e. The Morgan fingerprint density at radius 1 is 1.24 bits per heavy atom. The fraction of sp³-hybridized carbons (Fsp3) is 0.650. The minimum atomic E-state index is 0.0880. The van der Waals surface area contributed by atoms with Crippen LogP contribution in [-0.4, -0.2) is 69.3 Å². The van der Waals surface area contributed by atoms with Crippen LogP contribution in [0.1, 0.15) is 18.4 Å². The standard InChI is InChI=1S/C20H30N2O3/c1-16-4-6-18(7-5-16)25-14-19(23)22-10-8-20(9-11-22)15-21(2)12-17(20)13-24-3/h4-7,17H,8-15H2,1-3H3. The number of hydrogen-bond donors (Lipinski definition) is 0. The molecule has 3 rings (SSSR count). The molecule has 2 fully saturated rings. The molecule has 2 saturated heterocycles. The van der Waals surface area contributed by atoms with Crippen molar-refractivity contribution in [2.45, 2.75) is 19.8 Å². The number of benzene rings is 1. The van der Waals surface area contributed by atoms with E-state index < -0.39 is 0 Å². The molecule has 5 heteroatoms. The zero-order valence-electron chi connectivity index (χ0n) is 15.7. The van der Waals surface area contributed by atoms with Gasteiger partial charge >= 0.3 is 0 Å². The number of methoxy groups -OCH3 is 1. The summed E-state index contributed by atoms with van der Waals surface area (Å²) in [6, 6.07) is 7.82. The van der Waals surface area contributed by atoms with E-state index in [1.165, 1.54) is 5.56 Å². The third kappa shape index (κ3) is 4.15. The van der Waals surface area contributed by atoms with Gasteiger partial charge in [0.25, 0.3) is 5.91 Å². The first-order valence-electron chi connectivity index (χ1n) is 9.17. The van der Waals surface area contributed by atoms with E-state index in [1.54, 1.807) is 7.11 Å². The minimum Gasteiger partial charge on any atom is -0.484 e. The summed E-state index contributed by atoms with van der Waals surface area (Å²) in [5.41, 5.74) is 1.49. The Morgan fingerprint density at radius 2 is 1.92 bits per heavy atom. The van der Waals surface area contributed by atoms with Crippen molar-refractivity contribution in [3.8, 4) is 5.75 Å². The first-order chi connectivity index (χ1) is 12.0. The molecule has 2 aliphatic heterocycles. The molecular weight excluding hydrogens is 316 g/mol. The second-order valence-electron chi connectivity index (χ2n) is 7.69. The Labute approximate surface area is 150 Å². The first-order valence-corrected chi connectivity index (χ1v) is 9.17. The molecule has 1 aromatic carbocycles.